The van der Waals surface area contributed by atoms with Gasteiger partial charge >= 0.3 is 0 Å². The summed E-state index contributed by atoms with van der Waals surface area (Å²) in [4.78, 5) is 1.26. The van der Waals surface area contributed by atoms with Gasteiger partial charge < -0.3 is 5.32 Å². The van der Waals surface area contributed by atoms with Crippen LogP contribution in [0.1, 0.15) is 17.2 Å². The Morgan fingerprint density at radius 1 is 1.20 bits per heavy atom. The third-order valence-corrected chi connectivity index (χ3v) is 4.64. The molecule has 4 heteroatoms. The summed E-state index contributed by atoms with van der Waals surface area (Å²) in [7, 11) is 1.95. The first-order chi connectivity index (χ1) is 9.63. The van der Waals surface area contributed by atoms with E-state index in [1.807, 2.05) is 19.2 Å². The summed E-state index contributed by atoms with van der Waals surface area (Å²) in [6.07, 6.45) is 2.90. The Bertz CT molecular complexity index is 571. The van der Waals surface area contributed by atoms with Crippen molar-refractivity contribution in [2.75, 3.05) is 13.3 Å². The summed E-state index contributed by atoms with van der Waals surface area (Å²) in [6, 6.07) is 14.0. The van der Waals surface area contributed by atoms with Crippen LogP contribution < -0.4 is 5.32 Å². The molecule has 0 aliphatic rings. The molecule has 0 saturated heterocycles. The molecule has 20 heavy (non-hydrogen) atoms. The molecule has 0 bridgehead atoms. The van der Waals surface area contributed by atoms with E-state index in [4.69, 9.17) is 0 Å². The lowest BCUT2D eigenvalue weighted by Crippen LogP contribution is -2.18. The Balaban J connectivity index is 2.16. The fourth-order valence-electron chi connectivity index (χ4n) is 2.13. The zero-order valence-electron chi connectivity index (χ0n) is 11.5. The summed E-state index contributed by atoms with van der Waals surface area (Å²) in [6.45, 7) is 0. The lowest BCUT2D eigenvalue weighted by molar-refractivity contribution is 0.587. The number of hydrogen-bond donors (Lipinski definition) is 1. The minimum absolute atomic E-state index is 0.223. The third-order valence-electron chi connectivity index (χ3n) is 3.29. The molecule has 0 fully saturated rings. The van der Waals surface area contributed by atoms with E-state index < -0.39 is 0 Å². The topological polar surface area (TPSA) is 12.0 Å². The molecule has 1 unspecified atom stereocenters. The first kappa shape index (κ1) is 15.5. The number of thioether (sulfide) groups is 1. The van der Waals surface area contributed by atoms with Crippen molar-refractivity contribution in [1.29, 1.82) is 0 Å². The van der Waals surface area contributed by atoms with Crippen LogP contribution in [0.2, 0.25) is 0 Å². The van der Waals surface area contributed by atoms with E-state index in [1.165, 1.54) is 16.5 Å². The minimum atomic E-state index is -0.223. The summed E-state index contributed by atoms with van der Waals surface area (Å²) >= 11 is 4.97. The van der Waals surface area contributed by atoms with Crippen LogP contribution in [0.3, 0.4) is 0 Å². The van der Waals surface area contributed by atoms with Gasteiger partial charge in [-0.25, -0.2) is 4.39 Å². The zero-order valence-corrected chi connectivity index (χ0v) is 13.9. The standard InChI is InChI=1S/C16H17BrFNS/c1-19-16(12-4-6-13(20-2)7-5-12)10-11-3-8-15(18)14(17)9-11/h3-9,16,19H,10H2,1-2H3. The molecule has 0 amide bonds. The lowest BCUT2D eigenvalue weighted by Gasteiger charge is -2.17. The van der Waals surface area contributed by atoms with Gasteiger partial charge in [0.15, 0.2) is 0 Å². The molecule has 1 nitrogen and oxygen atoms in total. The summed E-state index contributed by atoms with van der Waals surface area (Å²) in [5, 5.41) is 3.32. The van der Waals surface area contributed by atoms with E-state index in [-0.39, 0.29) is 11.9 Å². The predicted octanol–water partition coefficient (Wildman–Crippen LogP) is 4.81. The Morgan fingerprint density at radius 3 is 2.45 bits per heavy atom. The van der Waals surface area contributed by atoms with Crippen LogP contribution in [0.4, 0.5) is 4.39 Å². The van der Waals surface area contributed by atoms with Gasteiger partial charge in [0.05, 0.1) is 4.47 Å². The van der Waals surface area contributed by atoms with Gasteiger partial charge in [-0.15, -0.1) is 11.8 Å². The van der Waals surface area contributed by atoms with Crippen molar-refractivity contribution < 1.29 is 4.39 Å². The molecule has 2 rings (SSSR count). The van der Waals surface area contributed by atoms with Crippen molar-refractivity contribution >= 4 is 27.7 Å². The molecule has 1 N–H and O–H groups in total. The van der Waals surface area contributed by atoms with Crippen LogP contribution in [0.5, 0.6) is 0 Å². The van der Waals surface area contributed by atoms with Crippen LogP contribution in [-0.4, -0.2) is 13.3 Å². The Kier molecular flexibility index (Phi) is 5.64. The smallest absolute Gasteiger partial charge is 0.137 e. The highest BCUT2D eigenvalue weighted by atomic mass is 79.9. The number of benzene rings is 2. The molecule has 0 saturated carbocycles. The zero-order chi connectivity index (χ0) is 14.5. The maximum absolute atomic E-state index is 13.3. The maximum atomic E-state index is 13.3. The Hall–Kier alpha value is -0.840. The van der Waals surface area contributed by atoms with Crippen molar-refractivity contribution in [2.24, 2.45) is 0 Å². The highest BCUT2D eigenvalue weighted by molar-refractivity contribution is 9.10. The second kappa shape index (κ2) is 7.25. The summed E-state index contributed by atoms with van der Waals surface area (Å²) in [5.74, 6) is -0.223. The number of likely N-dealkylation sites (N-methyl/N-ethyl adjacent to an activating group) is 1. The van der Waals surface area contributed by atoms with Gasteiger partial charge in [0.25, 0.3) is 0 Å². The molecule has 0 aliphatic heterocycles. The van der Waals surface area contributed by atoms with Gasteiger partial charge in [0, 0.05) is 10.9 Å². The normalized spacial score (nSPS) is 12.4. The number of halogens is 2. The van der Waals surface area contributed by atoms with Crippen LogP contribution in [0.15, 0.2) is 51.8 Å². The molecule has 0 heterocycles. The van der Waals surface area contributed by atoms with Crippen molar-refractivity contribution in [3.63, 3.8) is 0 Å². The molecule has 1 atom stereocenters. The van der Waals surface area contributed by atoms with Gasteiger partial charge in [-0.2, -0.15) is 0 Å². The van der Waals surface area contributed by atoms with Gasteiger partial charge in [-0.05, 0) is 71.0 Å². The van der Waals surface area contributed by atoms with Crippen LogP contribution in [0.25, 0.3) is 0 Å². The highest BCUT2D eigenvalue weighted by Crippen LogP contribution is 2.24. The van der Waals surface area contributed by atoms with E-state index in [2.05, 4.69) is 51.8 Å². The van der Waals surface area contributed by atoms with E-state index >= 15 is 0 Å². The number of nitrogens with one attached hydrogen (secondary N) is 1. The van der Waals surface area contributed by atoms with E-state index in [9.17, 15) is 4.39 Å². The number of rotatable bonds is 5. The second-order valence-electron chi connectivity index (χ2n) is 4.57. The SMILES string of the molecule is CNC(Cc1ccc(F)c(Br)c1)c1ccc(SC)cc1. The fraction of sp³-hybridized carbons (Fsp3) is 0.250. The largest absolute Gasteiger partial charge is 0.313 e. The third kappa shape index (κ3) is 3.84. The molecular formula is C16H17BrFNS. The van der Waals surface area contributed by atoms with E-state index in [0.29, 0.717) is 4.47 Å². The maximum Gasteiger partial charge on any atom is 0.137 e. The minimum Gasteiger partial charge on any atom is -0.313 e. The molecule has 2 aromatic rings. The number of hydrogen-bond acceptors (Lipinski definition) is 2. The van der Waals surface area contributed by atoms with Gasteiger partial charge in [0.1, 0.15) is 5.82 Å². The van der Waals surface area contributed by atoms with Crippen LogP contribution in [-0.2, 0) is 6.42 Å². The molecule has 0 spiro atoms. The molecule has 0 aromatic heterocycles. The second-order valence-corrected chi connectivity index (χ2v) is 6.30. The quantitative estimate of drug-likeness (QED) is 0.773. The average molecular weight is 354 g/mol. The molecule has 2 aromatic carbocycles. The summed E-state index contributed by atoms with van der Waals surface area (Å²) in [5.41, 5.74) is 2.34. The molecular weight excluding hydrogens is 337 g/mol. The highest BCUT2D eigenvalue weighted by Gasteiger charge is 2.11. The lowest BCUT2D eigenvalue weighted by atomic mass is 9.99. The van der Waals surface area contributed by atoms with Crippen LogP contribution >= 0.6 is 27.7 Å². The van der Waals surface area contributed by atoms with Crippen molar-refractivity contribution in [3.05, 3.63) is 63.9 Å². The molecule has 0 aliphatic carbocycles. The van der Waals surface area contributed by atoms with Crippen LogP contribution in [0, 0.1) is 5.82 Å². The van der Waals surface area contributed by atoms with Crippen molar-refractivity contribution in [2.45, 2.75) is 17.4 Å². The van der Waals surface area contributed by atoms with Crippen molar-refractivity contribution in [3.8, 4) is 0 Å². The van der Waals surface area contributed by atoms with Crippen molar-refractivity contribution in [1.82, 2.24) is 5.32 Å². The first-order valence-corrected chi connectivity index (χ1v) is 8.41. The Labute approximate surface area is 132 Å². The first-order valence-electron chi connectivity index (χ1n) is 6.39. The fourth-order valence-corrected chi connectivity index (χ4v) is 2.96. The van der Waals surface area contributed by atoms with E-state index in [0.717, 1.165) is 12.0 Å². The van der Waals surface area contributed by atoms with Gasteiger partial charge in [-0.3, -0.25) is 0 Å². The summed E-state index contributed by atoms with van der Waals surface area (Å²) < 4.78 is 13.8. The predicted molar refractivity (Wildman–Crippen MR) is 87.8 cm³/mol. The molecule has 106 valence electrons. The van der Waals surface area contributed by atoms with Gasteiger partial charge in [-0.1, -0.05) is 18.2 Å². The molecule has 0 radical (unpaired) electrons. The van der Waals surface area contributed by atoms with Gasteiger partial charge in [0.2, 0.25) is 0 Å². The Morgan fingerprint density at radius 2 is 1.90 bits per heavy atom. The van der Waals surface area contributed by atoms with E-state index in [1.54, 1.807) is 11.8 Å². The average Bonchev–Trinajstić information content (AvgIpc) is 2.48. The monoisotopic (exact) mass is 353 g/mol.